The normalized spacial score (nSPS) is 15.1. The summed E-state index contributed by atoms with van der Waals surface area (Å²) in [7, 11) is 2.14. The maximum absolute atomic E-state index is 11.9. The first kappa shape index (κ1) is 16.5. The van der Waals surface area contributed by atoms with Gasteiger partial charge < -0.3 is 19.5 Å². The van der Waals surface area contributed by atoms with Crippen LogP contribution in [-0.4, -0.2) is 49.1 Å². The van der Waals surface area contributed by atoms with Crippen molar-refractivity contribution >= 4 is 34.6 Å². The van der Waals surface area contributed by atoms with Crippen LogP contribution in [0.3, 0.4) is 0 Å². The number of hydrogen-bond donors (Lipinski definition) is 2. The van der Waals surface area contributed by atoms with Crippen molar-refractivity contribution in [3.63, 3.8) is 0 Å². The summed E-state index contributed by atoms with van der Waals surface area (Å²) in [4.78, 5) is 16.5. The molecular formula is C17H20N4O2S. The second kappa shape index (κ2) is 7.46. The molecule has 126 valence electrons. The highest BCUT2D eigenvalue weighted by molar-refractivity contribution is 7.80. The van der Waals surface area contributed by atoms with E-state index >= 15 is 0 Å². The molecule has 2 aromatic rings. The number of benzene rings is 1. The molecule has 1 aliphatic rings. The summed E-state index contributed by atoms with van der Waals surface area (Å²) in [5.41, 5.74) is 2.02. The molecule has 1 aromatic carbocycles. The van der Waals surface area contributed by atoms with Gasteiger partial charge in [-0.3, -0.25) is 10.1 Å². The van der Waals surface area contributed by atoms with E-state index in [4.69, 9.17) is 16.6 Å². The lowest BCUT2D eigenvalue weighted by molar-refractivity contribution is 0.0950. The van der Waals surface area contributed by atoms with Gasteiger partial charge in [-0.2, -0.15) is 0 Å². The summed E-state index contributed by atoms with van der Waals surface area (Å²) in [5.74, 6) is -0.142. The van der Waals surface area contributed by atoms with Crippen LogP contribution in [0.4, 0.5) is 11.4 Å². The Morgan fingerprint density at radius 1 is 1.12 bits per heavy atom. The number of likely N-dealkylation sites (N-methyl/N-ethyl adjacent to an activating group) is 1. The van der Waals surface area contributed by atoms with Gasteiger partial charge in [-0.15, -0.1) is 0 Å². The molecule has 3 rings (SSSR count). The molecule has 6 nitrogen and oxygen atoms in total. The van der Waals surface area contributed by atoms with E-state index in [9.17, 15) is 4.79 Å². The molecule has 1 saturated heterocycles. The number of nitrogens with zero attached hydrogens (tertiary/aromatic N) is 2. The molecule has 0 bridgehead atoms. The zero-order chi connectivity index (χ0) is 16.9. The molecular weight excluding hydrogens is 324 g/mol. The van der Waals surface area contributed by atoms with E-state index in [1.54, 1.807) is 12.1 Å². The molecule has 0 atom stereocenters. The third-order valence-electron chi connectivity index (χ3n) is 3.97. The van der Waals surface area contributed by atoms with Crippen LogP contribution >= 0.6 is 12.2 Å². The quantitative estimate of drug-likeness (QED) is 0.832. The number of nitrogens with one attached hydrogen (secondary N) is 2. The number of anilines is 2. The van der Waals surface area contributed by atoms with Crippen molar-refractivity contribution in [3.8, 4) is 0 Å². The molecule has 1 amide bonds. The molecule has 0 radical (unpaired) electrons. The zero-order valence-electron chi connectivity index (χ0n) is 13.5. The molecule has 0 unspecified atom stereocenters. The molecule has 1 fully saturated rings. The number of carbonyl (C=O) groups excluding carboxylic acids is 1. The highest BCUT2D eigenvalue weighted by Gasteiger charge is 2.14. The predicted molar refractivity (Wildman–Crippen MR) is 98.5 cm³/mol. The van der Waals surface area contributed by atoms with Crippen LogP contribution in [0.15, 0.2) is 47.1 Å². The first-order valence-corrected chi connectivity index (χ1v) is 8.22. The lowest BCUT2D eigenvalue weighted by Crippen LogP contribution is -2.44. The van der Waals surface area contributed by atoms with E-state index in [1.165, 1.54) is 12.0 Å². The van der Waals surface area contributed by atoms with E-state index in [0.29, 0.717) is 0 Å². The number of rotatable bonds is 3. The lowest BCUT2D eigenvalue weighted by atomic mass is 10.2. The molecule has 0 aliphatic carbocycles. The fraction of sp³-hybridized carbons (Fsp3) is 0.294. The Morgan fingerprint density at radius 2 is 1.83 bits per heavy atom. The average molecular weight is 344 g/mol. The lowest BCUT2D eigenvalue weighted by Gasteiger charge is -2.34. The Bertz CT molecular complexity index is 692. The fourth-order valence-corrected chi connectivity index (χ4v) is 2.77. The summed E-state index contributed by atoms with van der Waals surface area (Å²) in [6, 6.07) is 11.3. The molecule has 2 N–H and O–H groups in total. The first-order valence-electron chi connectivity index (χ1n) is 7.81. The highest BCUT2D eigenvalue weighted by Crippen LogP contribution is 2.19. The summed E-state index contributed by atoms with van der Waals surface area (Å²) in [5, 5.41) is 5.83. The van der Waals surface area contributed by atoms with Crippen molar-refractivity contribution in [2.75, 3.05) is 43.4 Å². The van der Waals surface area contributed by atoms with E-state index in [-0.39, 0.29) is 16.8 Å². The van der Waals surface area contributed by atoms with Gasteiger partial charge in [0.2, 0.25) is 0 Å². The third kappa shape index (κ3) is 4.12. The number of amides is 1. The summed E-state index contributed by atoms with van der Waals surface area (Å²) in [6.45, 7) is 4.20. The van der Waals surface area contributed by atoms with Gasteiger partial charge in [-0.05, 0) is 55.7 Å². The Labute approximate surface area is 146 Å². The van der Waals surface area contributed by atoms with Crippen molar-refractivity contribution in [2.24, 2.45) is 0 Å². The van der Waals surface area contributed by atoms with Crippen molar-refractivity contribution in [1.82, 2.24) is 10.2 Å². The summed E-state index contributed by atoms with van der Waals surface area (Å²) < 4.78 is 5.03. The van der Waals surface area contributed by atoms with E-state index < -0.39 is 0 Å². The van der Waals surface area contributed by atoms with Gasteiger partial charge in [0.15, 0.2) is 10.9 Å². The molecule has 0 saturated carbocycles. The van der Waals surface area contributed by atoms with Crippen LogP contribution in [0.5, 0.6) is 0 Å². The van der Waals surface area contributed by atoms with Crippen molar-refractivity contribution < 1.29 is 9.21 Å². The van der Waals surface area contributed by atoms with Crippen molar-refractivity contribution in [3.05, 3.63) is 48.4 Å². The Kier molecular flexibility index (Phi) is 5.12. The molecule has 7 heteroatoms. The number of hydrogen-bond acceptors (Lipinski definition) is 5. The van der Waals surface area contributed by atoms with Gasteiger partial charge in [0.05, 0.1) is 6.26 Å². The molecule has 24 heavy (non-hydrogen) atoms. The SMILES string of the molecule is CN1CCN(c2ccc(NC(=S)NC(=O)c3ccco3)cc2)CC1. The van der Waals surface area contributed by atoms with E-state index in [2.05, 4.69) is 39.6 Å². The third-order valence-corrected chi connectivity index (χ3v) is 4.17. The number of piperazine rings is 1. The summed E-state index contributed by atoms with van der Waals surface area (Å²) in [6.07, 6.45) is 1.45. The van der Waals surface area contributed by atoms with Crippen LogP contribution < -0.4 is 15.5 Å². The van der Waals surface area contributed by atoms with E-state index in [1.807, 2.05) is 12.1 Å². The topological polar surface area (TPSA) is 60.8 Å². The maximum atomic E-state index is 11.9. The monoisotopic (exact) mass is 344 g/mol. The highest BCUT2D eigenvalue weighted by atomic mass is 32.1. The largest absolute Gasteiger partial charge is 0.459 e. The first-order chi connectivity index (χ1) is 11.6. The smallest absolute Gasteiger partial charge is 0.293 e. The van der Waals surface area contributed by atoms with E-state index in [0.717, 1.165) is 31.9 Å². The predicted octanol–water partition coefficient (Wildman–Crippen LogP) is 2.16. The maximum Gasteiger partial charge on any atom is 0.293 e. The van der Waals surface area contributed by atoms with Gasteiger partial charge in [0.25, 0.3) is 5.91 Å². The summed E-state index contributed by atoms with van der Waals surface area (Å²) >= 11 is 5.16. The van der Waals surface area contributed by atoms with Crippen LogP contribution in [0.1, 0.15) is 10.6 Å². The van der Waals surface area contributed by atoms with Gasteiger partial charge in [-0.1, -0.05) is 0 Å². The average Bonchev–Trinajstić information content (AvgIpc) is 3.11. The molecule has 1 aromatic heterocycles. The van der Waals surface area contributed by atoms with Crippen LogP contribution in [0, 0.1) is 0 Å². The second-order valence-corrected chi connectivity index (χ2v) is 6.13. The minimum absolute atomic E-state index is 0.226. The van der Waals surface area contributed by atoms with Gasteiger partial charge in [0, 0.05) is 37.6 Å². The van der Waals surface area contributed by atoms with Crippen LogP contribution in [0.2, 0.25) is 0 Å². The number of carbonyl (C=O) groups is 1. The number of furan rings is 1. The van der Waals surface area contributed by atoms with Crippen molar-refractivity contribution in [2.45, 2.75) is 0 Å². The standard InChI is InChI=1S/C17H20N4O2S/c1-20-8-10-21(11-9-20)14-6-4-13(5-7-14)18-17(24)19-16(22)15-3-2-12-23-15/h2-7,12H,8-11H2,1H3,(H2,18,19,22,24). The van der Waals surface area contributed by atoms with Gasteiger partial charge in [0.1, 0.15) is 0 Å². The minimum Gasteiger partial charge on any atom is -0.459 e. The van der Waals surface area contributed by atoms with Gasteiger partial charge in [-0.25, -0.2) is 0 Å². The second-order valence-electron chi connectivity index (χ2n) is 5.72. The van der Waals surface area contributed by atoms with Crippen LogP contribution in [-0.2, 0) is 0 Å². The van der Waals surface area contributed by atoms with Gasteiger partial charge >= 0.3 is 0 Å². The molecule has 1 aliphatic heterocycles. The zero-order valence-corrected chi connectivity index (χ0v) is 14.3. The molecule has 2 heterocycles. The van der Waals surface area contributed by atoms with Crippen LogP contribution in [0.25, 0.3) is 0 Å². The Morgan fingerprint density at radius 3 is 2.46 bits per heavy atom. The fourth-order valence-electron chi connectivity index (χ4n) is 2.56. The molecule has 0 spiro atoms. The Balaban J connectivity index is 1.54. The Hall–Kier alpha value is -2.38. The number of thiocarbonyl (C=S) groups is 1. The minimum atomic E-state index is -0.369. The van der Waals surface area contributed by atoms with Crippen molar-refractivity contribution in [1.29, 1.82) is 0 Å².